The number of carbonyl (C=O) groups is 1. The van der Waals surface area contributed by atoms with Crippen LogP contribution in [-0.4, -0.2) is 33.9 Å². The molecule has 0 amide bonds. The van der Waals surface area contributed by atoms with Gasteiger partial charge in [-0.1, -0.05) is 0 Å². The van der Waals surface area contributed by atoms with Crippen LogP contribution in [0.2, 0.25) is 0 Å². The van der Waals surface area contributed by atoms with Gasteiger partial charge in [-0.25, -0.2) is 0 Å². The Morgan fingerprint density at radius 3 is 2.75 bits per heavy atom. The second kappa shape index (κ2) is 8.04. The lowest BCUT2D eigenvalue weighted by Gasteiger charge is -2.30. The van der Waals surface area contributed by atoms with Crippen LogP contribution in [0.25, 0.3) is 0 Å². The second-order valence-corrected chi connectivity index (χ2v) is 5.58. The fourth-order valence-electron chi connectivity index (χ4n) is 2.35. The third-order valence-electron chi connectivity index (χ3n) is 3.21. The number of carbonyl (C=O) groups excluding carboxylic acids is 1. The quantitative estimate of drug-likeness (QED) is 0.558. The first-order valence-corrected chi connectivity index (χ1v) is 7.40. The molecule has 0 saturated carbocycles. The lowest BCUT2D eigenvalue weighted by atomic mass is 9.94. The summed E-state index contributed by atoms with van der Waals surface area (Å²) in [5.41, 5.74) is -0.603. The van der Waals surface area contributed by atoms with Gasteiger partial charge in [-0.3, -0.25) is 14.8 Å². The van der Waals surface area contributed by atoms with Crippen molar-refractivity contribution >= 4 is 5.97 Å². The van der Waals surface area contributed by atoms with Crippen LogP contribution in [-0.2, 0) is 16.1 Å². The smallest absolute Gasteiger partial charge is 0.326 e. The van der Waals surface area contributed by atoms with E-state index in [1.54, 1.807) is 6.20 Å². The van der Waals surface area contributed by atoms with E-state index >= 15 is 0 Å². The van der Waals surface area contributed by atoms with Crippen LogP contribution in [0.4, 0.5) is 0 Å². The van der Waals surface area contributed by atoms with Gasteiger partial charge in [0.2, 0.25) is 0 Å². The van der Waals surface area contributed by atoms with E-state index in [1.165, 1.54) is 0 Å². The van der Waals surface area contributed by atoms with Crippen molar-refractivity contribution in [3.63, 3.8) is 0 Å². The van der Waals surface area contributed by atoms with Crippen LogP contribution in [0.5, 0.6) is 0 Å². The van der Waals surface area contributed by atoms with E-state index in [9.17, 15) is 4.79 Å². The Kier molecular flexibility index (Phi) is 6.71. The number of hydrogen-bond acceptors (Lipinski definition) is 4. The van der Waals surface area contributed by atoms with Crippen LogP contribution in [0.3, 0.4) is 0 Å². The zero-order chi connectivity index (χ0) is 15.0. The summed E-state index contributed by atoms with van der Waals surface area (Å²) in [6.45, 7) is 9.15. The lowest BCUT2D eigenvalue weighted by Crippen LogP contribution is -2.53. The van der Waals surface area contributed by atoms with Gasteiger partial charge in [0.15, 0.2) is 0 Å². The summed E-state index contributed by atoms with van der Waals surface area (Å²) in [5, 5.41) is 7.51. The summed E-state index contributed by atoms with van der Waals surface area (Å²) in [6.07, 6.45) is 6.45. The molecule has 0 aliphatic heterocycles. The fourth-order valence-corrected chi connectivity index (χ4v) is 2.35. The number of esters is 1. The molecule has 0 spiro atoms. The minimum absolute atomic E-state index is 0.159. The van der Waals surface area contributed by atoms with Gasteiger partial charge in [0.1, 0.15) is 5.54 Å². The summed E-state index contributed by atoms with van der Waals surface area (Å²) in [6, 6.07) is 2.17. The van der Waals surface area contributed by atoms with Crippen LogP contribution in [0.1, 0.15) is 47.0 Å². The first-order chi connectivity index (χ1) is 9.48. The van der Waals surface area contributed by atoms with Gasteiger partial charge < -0.3 is 4.74 Å². The highest BCUT2D eigenvalue weighted by molar-refractivity contribution is 5.80. The van der Waals surface area contributed by atoms with Crippen molar-refractivity contribution in [2.45, 2.75) is 65.1 Å². The molecule has 1 rings (SSSR count). The minimum Gasteiger partial charge on any atom is -0.465 e. The molecule has 0 aromatic carbocycles. The predicted molar refractivity (Wildman–Crippen MR) is 79.4 cm³/mol. The highest BCUT2D eigenvalue weighted by atomic mass is 16.5. The molecule has 1 atom stereocenters. The molecule has 0 aliphatic carbocycles. The summed E-state index contributed by atoms with van der Waals surface area (Å²) < 4.78 is 7.11. The van der Waals surface area contributed by atoms with E-state index in [0.717, 1.165) is 25.8 Å². The van der Waals surface area contributed by atoms with Gasteiger partial charge >= 0.3 is 5.97 Å². The number of ether oxygens (including phenoxy) is 1. The normalized spacial score (nSPS) is 14.2. The van der Waals surface area contributed by atoms with E-state index < -0.39 is 5.54 Å². The largest absolute Gasteiger partial charge is 0.465 e. The van der Waals surface area contributed by atoms with Crippen LogP contribution < -0.4 is 5.32 Å². The van der Waals surface area contributed by atoms with E-state index in [1.807, 2.05) is 44.6 Å². The molecule has 1 N–H and O–H groups in total. The minimum atomic E-state index is -0.603. The van der Waals surface area contributed by atoms with Gasteiger partial charge in [0, 0.05) is 25.0 Å². The Labute approximate surface area is 121 Å². The molecule has 1 heterocycles. The molecular formula is C15H27N3O2. The predicted octanol–water partition coefficient (Wildman–Crippen LogP) is 2.37. The van der Waals surface area contributed by atoms with Crippen LogP contribution in [0.15, 0.2) is 18.5 Å². The van der Waals surface area contributed by atoms with Crippen LogP contribution in [0, 0.1) is 0 Å². The van der Waals surface area contributed by atoms with E-state index in [-0.39, 0.29) is 12.0 Å². The number of rotatable bonds is 9. The van der Waals surface area contributed by atoms with E-state index in [4.69, 9.17) is 4.74 Å². The summed E-state index contributed by atoms with van der Waals surface area (Å²) >= 11 is 0. The summed E-state index contributed by atoms with van der Waals surface area (Å²) in [7, 11) is 0. The molecule has 1 unspecified atom stereocenters. The molecule has 0 saturated heterocycles. The average molecular weight is 281 g/mol. The summed E-state index contributed by atoms with van der Waals surface area (Å²) in [4.78, 5) is 12.1. The van der Waals surface area contributed by atoms with Gasteiger partial charge in [0.25, 0.3) is 0 Å². The SMILES string of the molecule is CCOC(=O)C(C)(CCCCn1cccn1)NC(C)C. The third kappa shape index (κ3) is 5.33. The Balaban J connectivity index is 2.45. The molecule has 5 heteroatoms. The Morgan fingerprint density at radius 2 is 2.20 bits per heavy atom. The zero-order valence-electron chi connectivity index (χ0n) is 13.1. The number of aryl methyl sites for hydroxylation is 1. The Morgan fingerprint density at radius 1 is 1.45 bits per heavy atom. The van der Waals surface area contributed by atoms with Crippen molar-refractivity contribution in [3.8, 4) is 0 Å². The number of nitrogens with zero attached hydrogens (tertiary/aromatic N) is 2. The molecule has 0 aliphatic rings. The number of aromatic nitrogens is 2. The van der Waals surface area contributed by atoms with Crippen LogP contribution >= 0.6 is 0 Å². The van der Waals surface area contributed by atoms with Gasteiger partial charge in [-0.05, 0) is 53.0 Å². The van der Waals surface area contributed by atoms with Gasteiger partial charge in [-0.2, -0.15) is 5.10 Å². The first kappa shape index (κ1) is 16.7. The maximum atomic E-state index is 12.1. The third-order valence-corrected chi connectivity index (χ3v) is 3.21. The maximum Gasteiger partial charge on any atom is 0.326 e. The maximum absolute atomic E-state index is 12.1. The van der Waals surface area contributed by atoms with Crippen molar-refractivity contribution in [2.24, 2.45) is 0 Å². The summed E-state index contributed by atoms with van der Waals surface area (Å²) in [5.74, 6) is -0.159. The molecule has 114 valence electrons. The van der Waals surface area contributed by atoms with Crippen molar-refractivity contribution in [3.05, 3.63) is 18.5 Å². The van der Waals surface area contributed by atoms with Crippen molar-refractivity contribution in [1.82, 2.24) is 15.1 Å². The number of nitrogens with one attached hydrogen (secondary N) is 1. The molecule has 0 radical (unpaired) electrons. The highest BCUT2D eigenvalue weighted by Crippen LogP contribution is 2.17. The number of hydrogen-bond donors (Lipinski definition) is 1. The van der Waals surface area contributed by atoms with Gasteiger partial charge in [-0.15, -0.1) is 0 Å². The standard InChI is InChI=1S/C15H27N3O2/c1-5-20-14(19)15(4,17-13(2)3)9-6-7-11-18-12-8-10-16-18/h8,10,12-13,17H,5-7,9,11H2,1-4H3. The zero-order valence-corrected chi connectivity index (χ0v) is 13.1. The van der Waals surface area contributed by atoms with Crippen molar-refractivity contribution in [2.75, 3.05) is 6.61 Å². The topological polar surface area (TPSA) is 56.2 Å². The van der Waals surface area contributed by atoms with Gasteiger partial charge in [0.05, 0.1) is 6.61 Å². The lowest BCUT2D eigenvalue weighted by molar-refractivity contribution is -0.151. The number of unbranched alkanes of at least 4 members (excludes halogenated alkanes) is 1. The molecule has 0 fully saturated rings. The molecule has 20 heavy (non-hydrogen) atoms. The van der Waals surface area contributed by atoms with Crippen molar-refractivity contribution < 1.29 is 9.53 Å². The Hall–Kier alpha value is -1.36. The first-order valence-electron chi connectivity index (χ1n) is 7.40. The second-order valence-electron chi connectivity index (χ2n) is 5.58. The molecule has 1 aromatic rings. The van der Waals surface area contributed by atoms with E-state index in [0.29, 0.717) is 6.61 Å². The molecule has 0 bridgehead atoms. The molecular weight excluding hydrogens is 254 g/mol. The molecule has 5 nitrogen and oxygen atoms in total. The van der Waals surface area contributed by atoms with E-state index in [2.05, 4.69) is 10.4 Å². The highest BCUT2D eigenvalue weighted by Gasteiger charge is 2.34. The van der Waals surface area contributed by atoms with Crippen molar-refractivity contribution in [1.29, 1.82) is 0 Å². The molecule has 1 aromatic heterocycles. The average Bonchev–Trinajstić information content (AvgIpc) is 2.87. The fraction of sp³-hybridized carbons (Fsp3) is 0.733. The monoisotopic (exact) mass is 281 g/mol. The Bertz CT molecular complexity index is 390.